The number of carboxylic acid groups (broad SMARTS) is 1. The summed E-state index contributed by atoms with van der Waals surface area (Å²) in [5.41, 5.74) is 2.82. The molecule has 6 nitrogen and oxygen atoms in total. The summed E-state index contributed by atoms with van der Waals surface area (Å²) in [6.07, 6.45) is 3.60. The van der Waals surface area contributed by atoms with E-state index in [1.807, 2.05) is 30.3 Å². The van der Waals surface area contributed by atoms with Crippen LogP contribution in [0.4, 0.5) is 4.79 Å². The first-order chi connectivity index (χ1) is 11.2. The lowest BCUT2D eigenvalue weighted by Gasteiger charge is -2.27. The highest BCUT2D eigenvalue weighted by molar-refractivity contribution is 5.85. The fourth-order valence-electron chi connectivity index (χ4n) is 2.38. The van der Waals surface area contributed by atoms with Gasteiger partial charge in [-0.1, -0.05) is 18.2 Å². The van der Waals surface area contributed by atoms with Crippen molar-refractivity contribution in [2.75, 3.05) is 13.2 Å². The molecule has 3 rings (SSSR count). The lowest BCUT2D eigenvalue weighted by atomic mass is 10.0. The van der Waals surface area contributed by atoms with Crippen LogP contribution in [0.25, 0.3) is 11.1 Å². The summed E-state index contributed by atoms with van der Waals surface area (Å²) in [6, 6.07) is 10.1. The lowest BCUT2D eigenvalue weighted by Crippen LogP contribution is -2.46. The van der Waals surface area contributed by atoms with E-state index in [-0.39, 0.29) is 19.0 Å². The summed E-state index contributed by atoms with van der Waals surface area (Å²) < 4.78 is 5.77. The minimum Gasteiger partial charge on any atom is -0.490 e. The Kier molecular flexibility index (Phi) is 6.40. The molecule has 0 saturated carbocycles. The highest BCUT2D eigenvalue weighted by atomic mass is 35.5. The van der Waals surface area contributed by atoms with Crippen LogP contribution < -0.4 is 15.4 Å². The molecule has 2 aromatic rings. The Balaban J connectivity index is 0.00000208. The van der Waals surface area contributed by atoms with Crippen LogP contribution in [0.5, 0.6) is 5.75 Å². The summed E-state index contributed by atoms with van der Waals surface area (Å²) in [5.74, 6) is 0.741. The molecule has 1 fully saturated rings. The van der Waals surface area contributed by atoms with Crippen molar-refractivity contribution in [3.05, 3.63) is 48.3 Å². The topological polar surface area (TPSA) is 83.5 Å². The molecule has 1 atom stereocenters. The maximum atomic E-state index is 10.6. The fourth-order valence-corrected chi connectivity index (χ4v) is 2.38. The Morgan fingerprint density at radius 3 is 2.88 bits per heavy atom. The number of rotatable bonds is 6. The Bertz CT molecular complexity index is 692. The summed E-state index contributed by atoms with van der Waals surface area (Å²) >= 11 is 0. The van der Waals surface area contributed by atoms with E-state index in [2.05, 4.69) is 15.6 Å². The molecule has 3 N–H and O–H groups in total. The highest BCUT2D eigenvalue weighted by Crippen LogP contribution is 2.24. The zero-order chi connectivity index (χ0) is 16.1. The Morgan fingerprint density at radius 2 is 2.17 bits per heavy atom. The van der Waals surface area contributed by atoms with Gasteiger partial charge in [0.25, 0.3) is 0 Å². The number of aromatic nitrogens is 1. The first-order valence-electron chi connectivity index (χ1n) is 7.58. The van der Waals surface area contributed by atoms with Crippen LogP contribution in [0, 0.1) is 0 Å². The molecule has 0 radical (unpaired) electrons. The third kappa shape index (κ3) is 4.84. The first kappa shape index (κ1) is 18.0. The average Bonchev–Trinajstić information content (AvgIpc) is 2.52. The van der Waals surface area contributed by atoms with E-state index in [0.717, 1.165) is 35.4 Å². The van der Waals surface area contributed by atoms with Crippen LogP contribution in [0.1, 0.15) is 12.0 Å². The van der Waals surface area contributed by atoms with Crippen molar-refractivity contribution in [3.63, 3.8) is 0 Å². The summed E-state index contributed by atoms with van der Waals surface area (Å²) in [5, 5.41) is 14.3. The van der Waals surface area contributed by atoms with Gasteiger partial charge in [-0.15, -0.1) is 12.4 Å². The van der Waals surface area contributed by atoms with Crippen LogP contribution in [0.3, 0.4) is 0 Å². The number of nitrogens with zero attached hydrogens (tertiary/aromatic N) is 1. The van der Waals surface area contributed by atoms with E-state index < -0.39 is 6.09 Å². The standard InChI is InChI=1S/C17H19N3O3.ClH/c21-17(22)20-8-12-2-1-3-13(6-12)14-7-16(10-18-9-14)23-11-15-4-5-19-15;/h1-3,6-7,9-10,15,19-20H,4-5,8,11H2,(H,21,22);1H/t15-;/m0./s1. The van der Waals surface area contributed by atoms with Crippen molar-refractivity contribution in [2.45, 2.75) is 19.0 Å². The Morgan fingerprint density at radius 1 is 1.33 bits per heavy atom. The summed E-state index contributed by atoms with van der Waals surface area (Å²) in [7, 11) is 0. The molecule has 1 aliphatic rings. The molecule has 24 heavy (non-hydrogen) atoms. The highest BCUT2D eigenvalue weighted by Gasteiger charge is 2.16. The van der Waals surface area contributed by atoms with Gasteiger partial charge in [0.1, 0.15) is 12.4 Å². The number of hydrogen-bond donors (Lipinski definition) is 3. The third-order valence-corrected chi connectivity index (χ3v) is 3.79. The van der Waals surface area contributed by atoms with Gasteiger partial charge in [0.2, 0.25) is 0 Å². The van der Waals surface area contributed by atoms with Gasteiger partial charge in [-0.3, -0.25) is 4.98 Å². The number of hydrogen-bond acceptors (Lipinski definition) is 4. The number of benzene rings is 1. The molecular formula is C17H20ClN3O3. The average molecular weight is 350 g/mol. The van der Waals surface area contributed by atoms with Crippen molar-refractivity contribution in [2.24, 2.45) is 0 Å². The van der Waals surface area contributed by atoms with E-state index >= 15 is 0 Å². The summed E-state index contributed by atoms with van der Waals surface area (Å²) in [6.45, 7) is 1.98. The van der Waals surface area contributed by atoms with Gasteiger partial charge in [0, 0.05) is 24.3 Å². The van der Waals surface area contributed by atoms with Gasteiger partial charge >= 0.3 is 6.09 Å². The molecule has 1 aromatic carbocycles. The molecule has 2 heterocycles. The minimum absolute atomic E-state index is 0. The van der Waals surface area contributed by atoms with Gasteiger partial charge in [0.05, 0.1) is 6.20 Å². The zero-order valence-electron chi connectivity index (χ0n) is 13.1. The SMILES string of the molecule is Cl.O=C(O)NCc1cccc(-c2cncc(OC[C@@H]3CCN3)c2)c1. The molecular weight excluding hydrogens is 330 g/mol. The van der Waals surface area contributed by atoms with Crippen molar-refractivity contribution < 1.29 is 14.6 Å². The fraction of sp³-hybridized carbons (Fsp3) is 0.294. The second-order valence-corrected chi connectivity index (χ2v) is 5.52. The monoisotopic (exact) mass is 349 g/mol. The number of carbonyl (C=O) groups is 1. The van der Waals surface area contributed by atoms with Crippen molar-refractivity contribution in [1.82, 2.24) is 15.6 Å². The van der Waals surface area contributed by atoms with Crippen molar-refractivity contribution in [1.29, 1.82) is 0 Å². The quantitative estimate of drug-likeness (QED) is 0.746. The van der Waals surface area contributed by atoms with Gasteiger partial charge in [-0.25, -0.2) is 4.79 Å². The predicted molar refractivity (Wildman–Crippen MR) is 93.7 cm³/mol. The molecule has 0 unspecified atom stereocenters. The van der Waals surface area contributed by atoms with Crippen molar-refractivity contribution in [3.8, 4) is 16.9 Å². The van der Waals surface area contributed by atoms with Crippen LogP contribution in [0.15, 0.2) is 42.7 Å². The zero-order valence-corrected chi connectivity index (χ0v) is 13.9. The normalized spacial score (nSPS) is 15.8. The summed E-state index contributed by atoms with van der Waals surface area (Å²) in [4.78, 5) is 14.8. The molecule has 7 heteroatoms. The van der Waals surface area contributed by atoms with E-state index in [0.29, 0.717) is 12.6 Å². The Labute approximate surface area is 146 Å². The third-order valence-electron chi connectivity index (χ3n) is 3.79. The number of amides is 1. The molecule has 1 saturated heterocycles. The smallest absolute Gasteiger partial charge is 0.404 e. The number of pyridine rings is 1. The van der Waals surface area contributed by atoms with E-state index in [1.54, 1.807) is 12.4 Å². The molecule has 1 amide bonds. The van der Waals surface area contributed by atoms with Gasteiger partial charge in [0.15, 0.2) is 0 Å². The van der Waals surface area contributed by atoms with Gasteiger partial charge in [-0.05, 0) is 36.2 Å². The minimum atomic E-state index is -1.03. The van der Waals surface area contributed by atoms with Gasteiger partial charge < -0.3 is 20.5 Å². The Hall–Kier alpha value is -2.31. The van der Waals surface area contributed by atoms with E-state index in [4.69, 9.17) is 9.84 Å². The van der Waals surface area contributed by atoms with Crippen LogP contribution in [-0.4, -0.2) is 35.4 Å². The van der Waals surface area contributed by atoms with Crippen molar-refractivity contribution >= 4 is 18.5 Å². The largest absolute Gasteiger partial charge is 0.490 e. The van der Waals surface area contributed by atoms with Gasteiger partial charge in [-0.2, -0.15) is 0 Å². The molecule has 1 aliphatic heterocycles. The molecule has 1 aromatic heterocycles. The van der Waals surface area contributed by atoms with Crippen LogP contribution in [0.2, 0.25) is 0 Å². The van der Waals surface area contributed by atoms with E-state index in [9.17, 15) is 4.79 Å². The first-order valence-corrected chi connectivity index (χ1v) is 7.58. The second-order valence-electron chi connectivity index (χ2n) is 5.52. The predicted octanol–water partition coefficient (Wildman–Crippen LogP) is 2.68. The molecule has 0 bridgehead atoms. The maximum Gasteiger partial charge on any atom is 0.404 e. The number of ether oxygens (including phenoxy) is 1. The van der Waals surface area contributed by atoms with E-state index in [1.165, 1.54) is 0 Å². The maximum absolute atomic E-state index is 10.6. The molecule has 128 valence electrons. The number of nitrogens with one attached hydrogen (secondary N) is 2. The molecule has 0 spiro atoms. The number of halogens is 1. The second kappa shape index (κ2) is 8.52. The lowest BCUT2D eigenvalue weighted by molar-refractivity contribution is 0.194. The van der Waals surface area contributed by atoms with Crippen LogP contribution in [-0.2, 0) is 6.54 Å². The molecule has 0 aliphatic carbocycles. The van der Waals surface area contributed by atoms with Crippen LogP contribution >= 0.6 is 12.4 Å².